The highest BCUT2D eigenvalue weighted by Gasteiger charge is 2.12. The van der Waals surface area contributed by atoms with Gasteiger partial charge in [-0.25, -0.2) is 4.68 Å². The molecule has 106 valence electrons. The van der Waals surface area contributed by atoms with Crippen LogP contribution in [0.3, 0.4) is 0 Å². The average Bonchev–Trinajstić information content (AvgIpc) is 2.89. The van der Waals surface area contributed by atoms with Crippen molar-refractivity contribution in [2.75, 3.05) is 7.05 Å². The van der Waals surface area contributed by atoms with Crippen LogP contribution < -0.4 is 5.73 Å². The molecule has 20 heavy (non-hydrogen) atoms. The summed E-state index contributed by atoms with van der Waals surface area (Å²) in [6.07, 6.45) is 1.64. The molecule has 2 aromatic rings. The second-order valence-electron chi connectivity index (χ2n) is 4.49. The molecule has 0 radical (unpaired) electrons. The molecular weight excluding hydrogens is 258 g/mol. The molecule has 0 saturated heterocycles. The van der Waals surface area contributed by atoms with Crippen molar-refractivity contribution in [3.05, 3.63) is 41.7 Å². The Balaban J connectivity index is 1.97. The van der Waals surface area contributed by atoms with Crippen molar-refractivity contribution < 1.29 is 9.90 Å². The summed E-state index contributed by atoms with van der Waals surface area (Å²) >= 11 is 0. The molecule has 3 N–H and O–H groups in total. The van der Waals surface area contributed by atoms with E-state index in [2.05, 4.69) is 10.3 Å². The number of phenolic OH excluding ortho intramolecular Hbond substituents is 1. The van der Waals surface area contributed by atoms with Crippen LogP contribution in [-0.4, -0.2) is 38.0 Å². The molecule has 0 aliphatic heterocycles. The van der Waals surface area contributed by atoms with E-state index >= 15 is 0 Å². The number of rotatable bonds is 5. The van der Waals surface area contributed by atoms with Gasteiger partial charge in [-0.1, -0.05) is 23.4 Å². The number of amides is 1. The molecule has 0 aliphatic carbocycles. The Morgan fingerprint density at radius 1 is 1.45 bits per heavy atom. The minimum absolute atomic E-state index is 0.0943. The molecule has 2 rings (SSSR count). The fourth-order valence-electron chi connectivity index (χ4n) is 1.76. The minimum atomic E-state index is -0.123. The highest BCUT2D eigenvalue weighted by atomic mass is 16.3. The highest BCUT2D eigenvalue weighted by molar-refractivity contribution is 5.75. The van der Waals surface area contributed by atoms with Gasteiger partial charge in [0.2, 0.25) is 5.91 Å². The van der Waals surface area contributed by atoms with Crippen LogP contribution in [0.2, 0.25) is 0 Å². The van der Waals surface area contributed by atoms with Gasteiger partial charge in [0.05, 0.1) is 11.9 Å². The lowest BCUT2D eigenvalue weighted by Crippen LogP contribution is -2.30. The summed E-state index contributed by atoms with van der Waals surface area (Å²) in [5.41, 5.74) is 6.77. The van der Waals surface area contributed by atoms with Crippen LogP contribution in [0.15, 0.2) is 30.5 Å². The number of carbonyl (C=O) groups excluding carboxylic acids is 1. The topological polar surface area (TPSA) is 97.3 Å². The van der Waals surface area contributed by atoms with Crippen LogP contribution in [0.4, 0.5) is 0 Å². The van der Waals surface area contributed by atoms with E-state index in [0.29, 0.717) is 24.3 Å². The Hall–Kier alpha value is -2.41. The molecule has 1 aromatic heterocycles. The third-order valence-corrected chi connectivity index (χ3v) is 2.92. The zero-order valence-electron chi connectivity index (χ0n) is 11.2. The Labute approximate surface area is 116 Å². The van der Waals surface area contributed by atoms with Gasteiger partial charge in [-0.15, -0.1) is 5.10 Å². The van der Waals surface area contributed by atoms with Crippen molar-refractivity contribution in [1.29, 1.82) is 0 Å². The van der Waals surface area contributed by atoms with Crippen LogP contribution in [0.1, 0.15) is 11.3 Å². The fraction of sp³-hybridized carbons (Fsp3) is 0.308. The van der Waals surface area contributed by atoms with Gasteiger partial charge in [0, 0.05) is 25.7 Å². The van der Waals surface area contributed by atoms with Crippen molar-refractivity contribution in [2.45, 2.75) is 19.6 Å². The molecular formula is C13H17N5O2. The van der Waals surface area contributed by atoms with Gasteiger partial charge in [-0.3, -0.25) is 4.79 Å². The van der Waals surface area contributed by atoms with Gasteiger partial charge in [0.15, 0.2) is 0 Å². The van der Waals surface area contributed by atoms with Gasteiger partial charge < -0.3 is 15.7 Å². The summed E-state index contributed by atoms with van der Waals surface area (Å²) in [7, 11) is 1.68. The number of nitrogens with zero attached hydrogens (tertiary/aromatic N) is 4. The second-order valence-corrected chi connectivity index (χ2v) is 4.49. The SMILES string of the molecule is CN(Cc1ccccc1O)C(=O)Cn1cc(CN)nn1. The quantitative estimate of drug-likeness (QED) is 0.806. The Bertz CT molecular complexity index is 596. The monoisotopic (exact) mass is 275 g/mol. The Morgan fingerprint density at radius 2 is 2.20 bits per heavy atom. The lowest BCUT2D eigenvalue weighted by Gasteiger charge is -2.17. The number of likely N-dealkylation sites (N-methyl/N-ethyl adjacent to an activating group) is 1. The number of para-hydroxylation sites is 1. The van der Waals surface area contributed by atoms with Crippen LogP contribution in [0.5, 0.6) is 5.75 Å². The van der Waals surface area contributed by atoms with Gasteiger partial charge in [-0.2, -0.15) is 0 Å². The van der Waals surface area contributed by atoms with Crippen LogP contribution in [-0.2, 0) is 24.4 Å². The predicted molar refractivity (Wildman–Crippen MR) is 72.5 cm³/mol. The van der Waals surface area contributed by atoms with E-state index in [4.69, 9.17) is 5.73 Å². The maximum absolute atomic E-state index is 12.1. The molecule has 7 heteroatoms. The van der Waals surface area contributed by atoms with Gasteiger partial charge in [0.25, 0.3) is 0 Å². The van der Waals surface area contributed by atoms with E-state index in [9.17, 15) is 9.90 Å². The van der Waals surface area contributed by atoms with Gasteiger partial charge in [0.1, 0.15) is 12.3 Å². The largest absolute Gasteiger partial charge is 0.508 e. The number of carbonyl (C=O) groups is 1. The summed E-state index contributed by atoms with van der Waals surface area (Å²) in [4.78, 5) is 13.6. The first-order chi connectivity index (χ1) is 9.60. The van der Waals surface area contributed by atoms with E-state index < -0.39 is 0 Å². The molecule has 0 atom stereocenters. The van der Waals surface area contributed by atoms with E-state index in [1.54, 1.807) is 31.4 Å². The lowest BCUT2D eigenvalue weighted by atomic mass is 10.2. The standard InChI is InChI=1S/C13H17N5O2/c1-17(7-10-4-2-3-5-12(10)19)13(20)9-18-8-11(6-14)15-16-18/h2-5,8,19H,6-7,9,14H2,1H3. The van der Waals surface area contributed by atoms with Crippen molar-refractivity contribution in [1.82, 2.24) is 19.9 Å². The third-order valence-electron chi connectivity index (χ3n) is 2.92. The zero-order valence-corrected chi connectivity index (χ0v) is 11.2. The molecule has 0 unspecified atom stereocenters. The maximum Gasteiger partial charge on any atom is 0.244 e. The summed E-state index contributed by atoms with van der Waals surface area (Å²) in [6, 6.07) is 6.93. The number of hydrogen-bond acceptors (Lipinski definition) is 5. The van der Waals surface area contributed by atoms with Crippen LogP contribution in [0.25, 0.3) is 0 Å². The minimum Gasteiger partial charge on any atom is -0.508 e. The summed E-state index contributed by atoms with van der Waals surface area (Å²) in [6.45, 7) is 0.725. The molecule has 1 amide bonds. The van der Waals surface area contributed by atoms with Crippen molar-refractivity contribution in [3.8, 4) is 5.75 Å². The van der Waals surface area contributed by atoms with E-state index in [-0.39, 0.29) is 18.2 Å². The molecule has 7 nitrogen and oxygen atoms in total. The molecule has 1 aromatic carbocycles. The Morgan fingerprint density at radius 3 is 2.85 bits per heavy atom. The summed E-state index contributed by atoms with van der Waals surface area (Å²) < 4.78 is 1.45. The van der Waals surface area contributed by atoms with Gasteiger partial charge in [-0.05, 0) is 6.07 Å². The molecule has 0 spiro atoms. The van der Waals surface area contributed by atoms with Crippen molar-refractivity contribution in [2.24, 2.45) is 5.73 Å². The Kier molecular flexibility index (Phi) is 4.31. The fourth-order valence-corrected chi connectivity index (χ4v) is 1.76. The highest BCUT2D eigenvalue weighted by Crippen LogP contribution is 2.17. The van der Waals surface area contributed by atoms with E-state index in [1.807, 2.05) is 6.07 Å². The number of hydrogen-bond donors (Lipinski definition) is 2. The first kappa shape index (κ1) is 14.0. The molecule has 0 aliphatic rings. The summed E-state index contributed by atoms with van der Waals surface area (Å²) in [5, 5.41) is 17.3. The summed E-state index contributed by atoms with van der Waals surface area (Å²) in [5.74, 6) is 0.0556. The van der Waals surface area contributed by atoms with Crippen LogP contribution in [0, 0.1) is 0 Å². The molecule has 0 bridgehead atoms. The normalized spacial score (nSPS) is 10.5. The van der Waals surface area contributed by atoms with Crippen molar-refractivity contribution in [3.63, 3.8) is 0 Å². The average molecular weight is 275 g/mol. The lowest BCUT2D eigenvalue weighted by molar-refractivity contribution is -0.131. The molecule has 0 fully saturated rings. The number of aromatic nitrogens is 3. The van der Waals surface area contributed by atoms with E-state index in [1.165, 1.54) is 9.58 Å². The second kappa shape index (κ2) is 6.16. The number of nitrogens with two attached hydrogens (primary N) is 1. The number of benzene rings is 1. The predicted octanol–water partition coefficient (Wildman–Crippen LogP) is 0.101. The number of phenols is 1. The first-order valence-corrected chi connectivity index (χ1v) is 6.20. The van der Waals surface area contributed by atoms with Crippen molar-refractivity contribution >= 4 is 5.91 Å². The zero-order chi connectivity index (χ0) is 14.5. The van der Waals surface area contributed by atoms with E-state index in [0.717, 1.165) is 0 Å². The third kappa shape index (κ3) is 3.33. The molecule has 0 saturated carbocycles. The maximum atomic E-state index is 12.1. The number of aromatic hydroxyl groups is 1. The smallest absolute Gasteiger partial charge is 0.244 e. The van der Waals surface area contributed by atoms with Gasteiger partial charge >= 0.3 is 0 Å². The first-order valence-electron chi connectivity index (χ1n) is 6.20. The molecule has 1 heterocycles. The van der Waals surface area contributed by atoms with Crippen LogP contribution >= 0.6 is 0 Å².